The van der Waals surface area contributed by atoms with Gasteiger partial charge in [0.2, 0.25) is 5.91 Å². The molecule has 1 aromatic carbocycles. The highest BCUT2D eigenvalue weighted by molar-refractivity contribution is 5.94. The van der Waals surface area contributed by atoms with Gasteiger partial charge in [0, 0.05) is 50.6 Å². The van der Waals surface area contributed by atoms with E-state index in [4.69, 9.17) is 0 Å². The van der Waals surface area contributed by atoms with Crippen LogP contribution in [0.5, 0.6) is 0 Å². The number of hydrogen-bond acceptors (Lipinski definition) is 4. The lowest BCUT2D eigenvalue weighted by atomic mass is 9.73. The van der Waals surface area contributed by atoms with Crippen molar-refractivity contribution in [3.8, 4) is 0 Å². The maximum Gasteiger partial charge on any atom is 0.253 e. The van der Waals surface area contributed by atoms with Crippen LogP contribution in [0.1, 0.15) is 53.1 Å². The molecule has 1 saturated heterocycles. The number of nitrogens with zero attached hydrogens (tertiary/aromatic N) is 3. The molecule has 1 atom stereocenters. The number of amides is 2. The number of nitrogens with one attached hydrogen (secondary N) is 1. The molecule has 1 N–H and O–H groups in total. The van der Waals surface area contributed by atoms with E-state index < -0.39 is 0 Å². The van der Waals surface area contributed by atoms with Crippen LogP contribution in [0.4, 0.5) is 0 Å². The summed E-state index contributed by atoms with van der Waals surface area (Å²) >= 11 is 0. The van der Waals surface area contributed by atoms with E-state index in [2.05, 4.69) is 39.5 Å². The molecule has 4 rings (SSSR count). The third-order valence-electron chi connectivity index (χ3n) is 6.86. The number of rotatable bonds is 6. The third-order valence-corrected chi connectivity index (χ3v) is 6.86. The molecule has 1 aliphatic carbocycles. The van der Waals surface area contributed by atoms with Crippen molar-refractivity contribution in [1.29, 1.82) is 0 Å². The first kappa shape index (κ1) is 21.5. The Balaban J connectivity index is 1.43. The van der Waals surface area contributed by atoms with Crippen molar-refractivity contribution in [2.45, 2.75) is 37.0 Å². The number of carbonyl (C=O) groups excluding carboxylic acids is 2. The Hall–Kier alpha value is -2.73. The molecular formula is C25H32N4O2. The molecule has 0 radical (unpaired) electrons. The Kier molecular flexibility index (Phi) is 6.37. The summed E-state index contributed by atoms with van der Waals surface area (Å²) in [6, 6.07) is 12.2. The second kappa shape index (κ2) is 9.18. The van der Waals surface area contributed by atoms with Crippen molar-refractivity contribution in [3.63, 3.8) is 0 Å². The van der Waals surface area contributed by atoms with Crippen LogP contribution >= 0.6 is 0 Å². The summed E-state index contributed by atoms with van der Waals surface area (Å²) in [5, 5.41) is 3.06. The minimum absolute atomic E-state index is 0.0696. The van der Waals surface area contributed by atoms with Crippen LogP contribution in [0.25, 0.3) is 0 Å². The number of piperidine rings is 1. The predicted molar refractivity (Wildman–Crippen MR) is 121 cm³/mol. The first-order valence-electron chi connectivity index (χ1n) is 11.2. The van der Waals surface area contributed by atoms with Crippen molar-refractivity contribution in [1.82, 2.24) is 20.1 Å². The molecular weight excluding hydrogens is 388 g/mol. The van der Waals surface area contributed by atoms with Crippen molar-refractivity contribution < 1.29 is 9.59 Å². The van der Waals surface area contributed by atoms with E-state index in [0.717, 1.165) is 38.9 Å². The lowest BCUT2D eigenvalue weighted by Gasteiger charge is -2.40. The first-order valence-corrected chi connectivity index (χ1v) is 11.2. The largest absolute Gasteiger partial charge is 0.355 e. The maximum absolute atomic E-state index is 12.8. The summed E-state index contributed by atoms with van der Waals surface area (Å²) in [6.07, 6.45) is 6.75. The molecule has 0 saturated carbocycles. The van der Waals surface area contributed by atoms with Crippen LogP contribution in [0.15, 0.2) is 48.8 Å². The minimum Gasteiger partial charge on any atom is -0.355 e. The van der Waals surface area contributed by atoms with Crippen molar-refractivity contribution >= 4 is 11.8 Å². The molecule has 0 bridgehead atoms. The minimum atomic E-state index is 0.0696. The van der Waals surface area contributed by atoms with Gasteiger partial charge < -0.3 is 15.1 Å². The van der Waals surface area contributed by atoms with Crippen LogP contribution in [-0.2, 0) is 10.2 Å². The van der Waals surface area contributed by atoms with Gasteiger partial charge >= 0.3 is 0 Å². The van der Waals surface area contributed by atoms with Crippen LogP contribution in [0.2, 0.25) is 0 Å². The Morgan fingerprint density at radius 3 is 2.55 bits per heavy atom. The van der Waals surface area contributed by atoms with Crippen LogP contribution in [0.3, 0.4) is 0 Å². The number of likely N-dealkylation sites (N-methyl/N-ethyl adjacent to an activating group) is 1. The summed E-state index contributed by atoms with van der Waals surface area (Å²) in [5.41, 5.74) is 3.47. The third kappa shape index (κ3) is 4.64. The van der Waals surface area contributed by atoms with Gasteiger partial charge in [0.1, 0.15) is 0 Å². The number of pyridine rings is 1. The summed E-state index contributed by atoms with van der Waals surface area (Å²) in [5.74, 6) is 0.461. The molecule has 1 aliphatic heterocycles. The molecule has 0 unspecified atom stereocenters. The Morgan fingerprint density at radius 1 is 1.13 bits per heavy atom. The Labute approximate surface area is 184 Å². The van der Waals surface area contributed by atoms with Gasteiger partial charge in [-0.25, -0.2) is 0 Å². The van der Waals surface area contributed by atoms with E-state index in [0.29, 0.717) is 18.5 Å². The molecule has 6 heteroatoms. The second-order valence-electron chi connectivity index (χ2n) is 9.15. The van der Waals surface area contributed by atoms with Gasteiger partial charge in [0.05, 0.1) is 0 Å². The van der Waals surface area contributed by atoms with Crippen LogP contribution < -0.4 is 5.32 Å². The van der Waals surface area contributed by atoms with Gasteiger partial charge in [-0.3, -0.25) is 14.6 Å². The van der Waals surface area contributed by atoms with E-state index in [1.54, 1.807) is 24.5 Å². The fraction of sp³-hybridized carbons (Fsp3) is 0.480. The summed E-state index contributed by atoms with van der Waals surface area (Å²) in [7, 11) is 4.02. The van der Waals surface area contributed by atoms with E-state index in [9.17, 15) is 9.59 Å². The van der Waals surface area contributed by atoms with Gasteiger partial charge in [-0.15, -0.1) is 0 Å². The van der Waals surface area contributed by atoms with Crippen LogP contribution in [-0.4, -0.2) is 66.9 Å². The fourth-order valence-electron chi connectivity index (χ4n) is 5.21. The zero-order valence-corrected chi connectivity index (χ0v) is 18.5. The summed E-state index contributed by atoms with van der Waals surface area (Å²) in [6.45, 7) is 3.02. The van der Waals surface area contributed by atoms with Crippen molar-refractivity contribution in [2.75, 3.05) is 40.3 Å². The zero-order chi connectivity index (χ0) is 21.8. The van der Waals surface area contributed by atoms with Crippen LogP contribution in [0, 0.1) is 0 Å². The van der Waals surface area contributed by atoms with E-state index in [1.165, 1.54) is 11.1 Å². The van der Waals surface area contributed by atoms with Gasteiger partial charge in [0.25, 0.3) is 5.91 Å². The molecule has 1 fully saturated rings. The average Bonchev–Trinajstić information content (AvgIpc) is 3.07. The molecule has 2 amide bonds. The summed E-state index contributed by atoms with van der Waals surface area (Å²) in [4.78, 5) is 33.5. The number of likely N-dealkylation sites (tertiary alicyclic amines) is 1. The van der Waals surface area contributed by atoms with Crippen molar-refractivity contribution in [2.24, 2.45) is 0 Å². The lowest BCUT2D eigenvalue weighted by Crippen LogP contribution is -2.44. The molecule has 2 heterocycles. The SMILES string of the molecule is CN(C)CCNC(=O)C[C@H]1CC2(CCN(C(=O)c3ccncc3)CC2)c2ccccc21. The van der Waals surface area contributed by atoms with E-state index in [1.807, 2.05) is 19.0 Å². The Bertz CT molecular complexity index is 920. The van der Waals surface area contributed by atoms with Gasteiger partial charge in [-0.1, -0.05) is 24.3 Å². The highest BCUT2D eigenvalue weighted by Crippen LogP contribution is 2.52. The molecule has 164 valence electrons. The topological polar surface area (TPSA) is 65.5 Å². The zero-order valence-electron chi connectivity index (χ0n) is 18.5. The quantitative estimate of drug-likeness (QED) is 0.781. The maximum atomic E-state index is 12.8. The Morgan fingerprint density at radius 2 is 1.84 bits per heavy atom. The monoisotopic (exact) mass is 420 g/mol. The molecule has 31 heavy (non-hydrogen) atoms. The molecule has 1 aromatic heterocycles. The molecule has 2 aliphatic rings. The first-order chi connectivity index (χ1) is 15.0. The average molecular weight is 421 g/mol. The van der Waals surface area contributed by atoms with Gasteiger partial charge in [0.15, 0.2) is 0 Å². The van der Waals surface area contributed by atoms with E-state index in [-0.39, 0.29) is 23.1 Å². The highest BCUT2D eigenvalue weighted by atomic mass is 16.2. The molecule has 1 spiro atoms. The standard InChI is InChI=1S/C25H32N4O2/c1-28(2)16-13-27-23(30)17-20-18-25(22-6-4-3-5-21(20)22)9-14-29(15-10-25)24(31)19-7-11-26-12-8-19/h3-8,11-12,20H,9-10,13-18H2,1-2H3,(H,27,30)/t20-/m0/s1. The fourth-order valence-corrected chi connectivity index (χ4v) is 5.21. The molecule has 6 nitrogen and oxygen atoms in total. The smallest absolute Gasteiger partial charge is 0.253 e. The van der Waals surface area contributed by atoms with E-state index >= 15 is 0 Å². The number of aromatic nitrogens is 1. The number of benzene rings is 1. The van der Waals surface area contributed by atoms with Crippen molar-refractivity contribution in [3.05, 3.63) is 65.5 Å². The second-order valence-corrected chi connectivity index (χ2v) is 9.15. The number of fused-ring (bicyclic) bond motifs is 2. The van der Waals surface area contributed by atoms with Gasteiger partial charge in [-0.05, 0) is 68.0 Å². The highest BCUT2D eigenvalue weighted by Gasteiger charge is 2.46. The predicted octanol–water partition coefficient (Wildman–Crippen LogP) is 2.81. The number of hydrogen-bond donors (Lipinski definition) is 1. The van der Waals surface area contributed by atoms with Gasteiger partial charge in [-0.2, -0.15) is 0 Å². The normalized spacial score (nSPS) is 19.5. The number of carbonyl (C=O) groups is 2. The molecule has 2 aromatic rings. The summed E-state index contributed by atoms with van der Waals surface area (Å²) < 4.78 is 0. The lowest BCUT2D eigenvalue weighted by molar-refractivity contribution is -0.121.